The van der Waals surface area contributed by atoms with Crippen LogP contribution in [-0.4, -0.2) is 98.3 Å². The normalized spacial score (nSPS) is 18.2. The van der Waals surface area contributed by atoms with E-state index in [0.717, 1.165) is 82.8 Å². The van der Waals surface area contributed by atoms with Gasteiger partial charge in [-0.25, -0.2) is 35.1 Å². The van der Waals surface area contributed by atoms with Gasteiger partial charge in [0, 0.05) is 63.2 Å². The Kier molecular flexibility index (Phi) is 26.3. The quantitative estimate of drug-likeness (QED) is 0.0553. The summed E-state index contributed by atoms with van der Waals surface area (Å²) in [7, 11) is 4.88. The van der Waals surface area contributed by atoms with Gasteiger partial charge in [0.1, 0.15) is 11.4 Å². The Morgan fingerprint density at radius 3 is 1.01 bits per heavy atom. The fourth-order valence-corrected chi connectivity index (χ4v) is 16.8. The van der Waals surface area contributed by atoms with Gasteiger partial charge in [-0.15, -0.1) is 0 Å². The largest absolute Gasteiger partial charge is 0.493 e. The summed E-state index contributed by atoms with van der Waals surface area (Å²) in [6, 6.07) is 34.6. The Labute approximate surface area is 636 Å². The average Bonchev–Trinajstić information content (AvgIpc) is 1.30. The Hall–Kier alpha value is -9.52. The molecule has 19 heteroatoms. The van der Waals surface area contributed by atoms with Crippen molar-refractivity contribution in [1.29, 1.82) is 0 Å². The predicted molar refractivity (Wildman–Crippen MR) is 412 cm³/mol. The minimum absolute atomic E-state index is 0.0575. The molecule has 4 fully saturated rings. The molecule has 8 aliphatic rings. The average molecular weight is 1500 g/mol. The number of fused-ring (bicyclic) bond motifs is 4. The van der Waals surface area contributed by atoms with E-state index in [1.807, 2.05) is 25.3 Å². The fourth-order valence-electron chi connectivity index (χ4n) is 16.8. The molecule has 576 valence electrons. The molecule has 0 aromatic heterocycles. The SMILES string of the molecule is COc1cc(/C=[N+]2/COc3c(C4CCCCC4)cc(C)cc32)cc(OC)c1OC.Cc1cc(C2CCCCC2)c2c(c1)/[N+](=C\c1c(F)c(F)c(F)c(F)c1F)CO2.Cc1cc(C2CCCCC2)c2c(c1)/[N+](=C\c1ccc(F)cc1)CO2.Cc1ccc(C)c(/C=[N+]2/COc3c(C4CCCCC4)cc(C)cc32)c1.FCF. The number of halogens is 8. The molecule has 8 aromatic carbocycles. The molecule has 0 bridgehead atoms. The van der Waals surface area contributed by atoms with Crippen LogP contribution < -0.4 is 33.2 Å². The molecule has 11 nitrogen and oxygen atoms in total. The van der Waals surface area contributed by atoms with Crippen LogP contribution in [0.3, 0.4) is 0 Å². The first-order valence-electron chi connectivity index (χ1n) is 38.6. The zero-order chi connectivity index (χ0) is 77.0. The van der Waals surface area contributed by atoms with E-state index in [4.69, 9.17) is 33.2 Å². The summed E-state index contributed by atoms with van der Waals surface area (Å²) < 4.78 is 149. The van der Waals surface area contributed by atoms with E-state index in [2.05, 4.69) is 121 Å². The second-order valence-electron chi connectivity index (χ2n) is 30.1. The molecule has 0 unspecified atom stereocenters. The molecule has 8 aromatic rings. The lowest BCUT2D eigenvalue weighted by atomic mass is 9.83. The third kappa shape index (κ3) is 18.4. The second kappa shape index (κ2) is 36.3. The molecular weight excluding hydrogens is 1400 g/mol. The number of ether oxygens (including phenoxy) is 7. The van der Waals surface area contributed by atoms with Gasteiger partial charge in [0.25, 0.3) is 49.7 Å². The summed E-state index contributed by atoms with van der Waals surface area (Å²) in [6.45, 7) is 12.6. The highest BCUT2D eigenvalue weighted by atomic mass is 19.3. The van der Waals surface area contributed by atoms with Gasteiger partial charge in [-0.2, -0.15) is 18.3 Å². The number of aryl methyl sites for hydroxylation is 6. The highest BCUT2D eigenvalue weighted by Crippen LogP contribution is 2.50. The molecule has 109 heavy (non-hydrogen) atoms. The van der Waals surface area contributed by atoms with Crippen LogP contribution in [0, 0.1) is 76.4 Å². The van der Waals surface area contributed by atoms with Gasteiger partial charge in [0.05, 0.1) is 21.3 Å². The van der Waals surface area contributed by atoms with Crippen molar-refractivity contribution in [3.05, 3.63) is 216 Å². The van der Waals surface area contributed by atoms with Crippen molar-refractivity contribution in [3.8, 4) is 40.2 Å². The first-order chi connectivity index (χ1) is 52.8. The number of hydrogen-bond donors (Lipinski definition) is 0. The zero-order valence-electron chi connectivity index (χ0n) is 64.3. The molecule has 4 saturated carbocycles. The van der Waals surface area contributed by atoms with Gasteiger partial charge in [-0.05, 0) is 187 Å². The number of nitrogens with zero attached hydrogens (tertiary/aromatic N) is 4. The first-order valence-corrected chi connectivity index (χ1v) is 38.6. The lowest BCUT2D eigenvalue weighted by Crippen LogP contribution is -2.13. The second-order valence-corrected chi connectivity index (χ2v) is 30.1. The van der Waals surface area contributed by atoms with Crippen molar-refractivity contribution in [2.45, 2.75) is 194 Å². The van der Waals surface area contributed by atoms with Crippen molar-refractivity contribution in [2.75, 3.05) is 55.2 Å². The molecule has 16 rings (SSSR count). The van der Waals surface area contributed by atoms with Crippen molar-refractivity contribution < 1.29 is 86.6 Å². The lowest BCUT2D eigenvalue weighted by molar-refractivity contribution is -0.453. The van der Waals surface area contributed by atoms with Gasteiger partial charge >= 0.3 is 0 Å². The molecule has 4 aliphatic heterocycles. The van der Waals surface area contributed by atoms with Gasteiger partial charge < -0.3 is 33.2 Å². The van der Waals surface area contributed by atoms with Crippen molar-refractivity contribution in [3.63, 3.8) is 0 Å². The number of rotatable bonds is 11. The summed E-state index contributed by atoms with van der Waals surface area (Å²) in [5, 5.41) is 0. The van der Waals surface area contributed by atoms with Crippen molar-refractivity contribution in [1.82, 2.24) is 0 Å². The van der Waals surface area contributed by atoms with E-state index in [0.29, 0.717) is 72.5 Å². The molecule has 0 amide bonds. The summed E-state index contributed by atoms with van der Waals surface area (Å²) in [5.74, 6) is -2.03. The molecule has 0 saturated heterocycles. The van der Waals surface area contributed by atoms with Crippen molar-refractivity contribution in [2.24, 2.45) is 0 Å². The third-order valence-corrected chi connectivity index (χ3v) is 22.2. The number of alkyl halides is 2. The standard InChI is InChI=1S/C24H30NO4.C23H28NO.C21H19F5NO.C21H23FNO.CH2F2/c1-16-10-19(18-8-6-5-7-9-18)23-20(11-16)25(15-29-23)14-17-12-21(26-2)24(28-4)22(13-17)27-3;1-16-9-10-18(3)20(11-16)14-24-15-25-23-21(12-17(2)13-22(23)24)19-7-5-4-6-8-19;1-11-7-13(12-5-3-2-4-6-12)21-15(8-11)27(10-28-21)9-14-16(22)18(24)20(26)19(25)17(14)23;1-15-11-19(17-5-3-2-4-6-17)21-20(12-15)23(14-24-21)13-16-7-9-18(22)10-8-16;2-1-3/h10-14,18H,5-9,15H2,1-4H3;9-14,19H,4-8,15H2,1-3H3;7-9,12H,2-6,10H2,1H3;7-13,17H,2-6,14H2,1H3;1H2/q4*+1;/b25-14-;24-14-;27-9-;23-13-;. The Balaban J connectivity index is 0.000000134. The number of methoxy groups -OCH3 is 3. The van der Waals surface area contributed by atoms with E-state index >= 15 is 0 Å². The molecule has 4 heterocycles. The van der Waals surface area contributed by atoms with E-state index < -0.39 is 41.6 Å². The van der Waals surface area contributed by atoms with E-state index in [1.165, 1.54) is 175 Å². The number of hydrogen-bond acceptors (Lipinski definition) is 7. The van der Waals surface area contributed by atoms with E-state index in [1.54, 1.807) is 39.5 Å². The van der Waals surface area contributed by atoms with E-state index in [-0.39, 0.29) is 12.5 Å². The molecule has 0 N–H and O–H groups in total. The zero-order valence-corrected chi connectivity index (χ0v) is 64.3. The summed E-state index contributed by atoms with van der Waals surface area (Å²) in [4.78, 5) is 0. The Morgan fingerprint density at radius 2 is 0.670 bits per heavy atom. The minimum atomic E-state index is -2.17. The van der Waals surface area contributed by atoms with Crippen LogP contribution in [-0.2, 0) is 0 Å². The maximum Gasteiger partial charge on any atom is 0.293 e. The smallest absolute Gasteiger partial charge is 0.293 e. The maximum atomic E-state index is 14.1. The molecule has 0 atom stereocenters. The summed E-state index contributed by atoms with van der Waals surface area (Å²) in [5.41, 5.74) is 19.0. The van der Waals surface area contributed by atoms with Crippen molar-refractivity contribution >= 4 is 47.6 Å². The van der Waals surface area contributed by atoms with Gasteiger partial charge in [0.2, 0.25) is 41.5 Å². The summed E-state index contributed by atoms with van der Waals surface area (Å²) >= 11 is 0. The van der Waals surface area contributed by atoms with Gasteiger partial charge in [-0.1, -0.05) is 119 Å². The first kappa shape index (κ1) is 79.0. The van der Waals surface area contributed by atoms with Crippen LogP contribution in [0.1, 0.15) is 230 Å². The molecule has 0 spiro atoms. The predicted octanol–water partition coefficient (Wildman–Crippen LogP) is 23.0. The fraction of sp³-hybridized carbons (Fsp3) is 0.422. The van der Waals surface area contributed by atoms with Crippen LogP contribution in [0.25, 0.3) is 0 Å². The summed E-state index contributed by atoms with van der Waals surface area (Å²) in [6.07, 6.45) is 32.6. The van der Waals surface area contributed by atoms with Gasteiger partial charge in [0.15, 0.2) is 59.6 Å². The highest BCUT2D eigenvalue weighted by molar-refractivity contribution is 5.82. The van der Waals surface area contributed by atoms with Crippen LogP contribution in [0.2, 0.25) is 0 Å². The maximum absolute atomic E-state index is 14.1. The van der Waals surface area contributed by atoms with Crippen LogP contribution in [0.4, 0.5) is 57.9 Å². The van der Waals surface area contributed by atoms with Crippen LogP contribution in [0.15, 0.2) is 103 Å². The van der Waals surface area contributed by atoms with E-state index in [9.17, 15) is 35.1 Å². The van der Waals surface area contributed by atoms with Crippen LogP contribution >= 0.6 is 0 Å². The minimum Gasteiger partial charge on any atom is -0.493 e. The monoisotopic (exact) mass is 1500 g/mol. The Morgan fingerprint density at radius 1 is 0.349 bits per heavy atom. The molecule has 4 aliphatic carbocycles. The topological polar surface area (TPSA) is 76.7 Å². The lowest BCUT2D eigenvalue weighted by Gasteiger charge is -2.22. The molecular formula is C90H102F8N4O7+4. The Bertz CT molecular complexity index is 4670. The highest BCUT2D eigenvalue weighted by Gasteiger charge is 2.38. The van der Waals surface area contributed by atoms with Crippen LogP contribution in [0.5, 0.6) is 40.2 Å². The number of benzene rings is 8. The third-order valence-electron chi connectivity index (χ3n) is 22.2. The molecule has 0 radical (unpaired) electrons. The van der Waals surface area contributed by atoms with Gasteiger partial charge in [-0.3, -0.25) is 0 Å².